The van der Waals surface area contributed by atoms with E-state index in [-0.39, 0.29) is 17.9 Å². The molecule has 3 rings (SSSR count). The number of nitrogens with two attached hydrogens (primary N) is 1. The molecule has 0 fully saturated rings. The fourth-order valence-electron chi connectivity index (χ4n) is 3.04. The maximum Gasteiger partial charge on any atom is 0.254 e. The van der Waals surface area contributed by atoms with Crippen molar-refractivity contribution in [2.45, 2.75) is 39.7 Å². The van der Waals surface area contributed by atoms with Crippen molar-refractivity contribution < 1.29 is 4.79 Å². The summed E-state index contributed by atoms with van der Waals surface area (Å²) in [4.78, 5) is 20.9. The lowest BCUT2D eigenvalue weighted by atomic mass is 10.1. The predicted molar refractivity (Wildman–Crippen MR) is 104 cm³/mol. The van der Waals surface area contributed by atoms with Gasteiger partial charge in [-0.3, -0.25) is 4.79 Å². The second-order valence-electron chi connectivity index (χ2n) is 6.25. The highest BCUT2D eigenvalue weighted by molar-refractivity contribution is 9.10. The molecule has 1 aromatic carbocycles. The molecule has 26 heavy (non-hydrogen) atoms. The molecule has 8 heteroatoms. The third-order valence-electron chi connectivity index (χ3n) is 4.42. The zero-order valence-electron chi connectivity index (χ0n) is 15.0. The van der Waals surface area contributed by atoms with Gasteiger partial charge >= 0.3 is 0 Å². The second-order valence-corrected chi connectivity index (χ2v) is 7.11. The minimum absolute atomic E-state index is 0.00902. The fraction of sp³-hybridized carbons (Fsp3) is 0.333. The van der Waals surface area contributed by atoms with Gasteiger partial charge in [-0.05, 0) is 44.4 Å². The van der Waals surface area contributed by atoms with Crippen LogP contribution in [0.5, 0.6) is 0 Å². The lowest BCUT2D eigenvalue weighted by Crippen LogP contribution is -2.27. The molecule has 0 saturated carbocycles. The Morgan fingerprint density at radius 2 is 2.04 bits per heavy atom. The second kappa shape index (κ2) is 7.41. The summed E-state index contributed by atoms with van der Waals surface area (Å²) in [6.07, 6.45) is 0.947. The first-order valence-electron chi connectivity index (χ1n) is 8.39. The molecule has 3 N–H and O–H groups in total. The standard InChI is InChI=1S/C18H21BrN6O/c1-10-13(12(3)25-18(22-10)23-17(20)24-25)8-9-16(26)21-11(2)14-6-4-5-7-15(14)19/h4-7,11H,8-9H2,1-3H3,(H2,20,24)(H,21,26). The fourth-order valence-corrected chi connectivity index (χ4v) is 3.67. The number of halogens is 1. The van der Waals surface area contributed by atoms with Crippen LogP contribution in [-0.4, -0.2) is 25.5 Å². The number of rotatable bonds is 5. The van der Waals surface area contributed by atoms with E-state index in [4.69, 9.17) is 5.73 Å². The summed E-state index contributed by atoms with van der Waals surface area (Å²) in [6.45, 7) is 5.82. The average molecular weight is 417 g/mol. The molecule has 1 atom stereocenters. The van der Waals surface area contributed by atoms with Gasteiger partial charge in [0.15, 0.2) is 0 Å². The van der Waals surface area contributed by atoms with Crippen LogP contribution in [0.3, 0.4) is 0 Å². The Morgan fingerprint density at radius 3 is 2.77 bits per heavy atom. The van der Waals surface area contributed by atoms with Crippen LogP contribution >= 0.6 is 15.9 Å². The van der Waals surface area contributed by atoms with Gasteiger partial charge in [0.2, 0.25) is 11.9 Å². The molecule has 0 aliphatic carbocycles. The van der Waals surface area contributed by atoms with E-state index in [9.17, 15) is 4.79 Å². The molecule has 1 amide bonds. The first kappa shape index (κ1) is 18.3. The third-order valence-corrected chi connectivity index (χ3v) is 5.14. The van der Waals surface area contributed by atoms with Crippen LogP contribution in [0, 0.1) is 13.8 Å². The minimum atomic E-state index is -0.0732. The van der Waals surface area contributed by atoms with Gasteiger partial charge in [-0.15, -0.1) is 5.10 Å². The van der Waals surface area contributed by atoms with Crippen LogP contribution in [0.2, 0.25) is 0 Å². The zero-order chi connectivity index (χ0) is 18.8. The third kappa shape index (κ3) is 3.70. The molecule has 0 aliphatic rings. The van der Waals surface area contributed by atoms with Crippen LogP contribution < -0.4 is 11.1 Å². The lowest BCUT2D eigenvalue weighted by molar-refractivity contribution is -0.121. The average Bonchev–Trinajstić information content (AvgIpc) is 2.95. The van der Waals surface area contributed by atoms with E-state index in [1.807, 2.05) is 45.0 Å². The number of nitrogen functional groups attached to an aromatic ring is 1. The Bertz CT molecular complexity index is 968. The van der Waals surface area contributed by atoms with Crippen molar-refractivity contribution in [3.8, 4) is 0 Å². The number of aromatic nitrogens is 4. The van der Waals surface area contributed by atoms with Crippen molar-refractivity contribution in [1.82, 2.24) is 24.9 Å². The number of hydrogen-bond donors (Lipinski definition) is 2. The number of carbonyl (C=O) groups is 1. The van der Waals surface area contributed by atoms with E-state index in [0.29, 0.717) is 18.6 Å². The number of benzene rings is 1. The molecule has 0 saturated heterocycles. The van der Waals surface area contributed by atoms with E-state index in [1.165, 1.54) is 0 Å². The molecular formula is C18H21BrN6O. The number of aryl methyl sites for hydroxylation is 2. The van der Waals surface area contributed by atoms with Crippen LogP contribution in [0.15, 0.2) is 28.7 Å². The van der Waals surface area contributed by atoms with Gasteiger partial charge < -0.3 is 11.1 Å². The van der Waals surface area contributed by atoms with Crippen LogP contribution in [0.1, 0.15) is 41.9 Å². The summed E-state index contributed by atoms with van der Waals surface area (Å²) in [5.41, 5.74) is 9.44. The van der Waals surface area contributed by atoms with Gasteiger partial charge in [0.1, 0.15) is 0 Å². The molecule has 7 nitrogen and oxygen atoms in total. The van der Waals surface area contributed by atoms with E-state index in [1.54, 1.807) is 4.52 Å². The highest BCUT2D eigenvalue weighted by Gasteiger charge is 2.16. The van der Waals surface area contributed by atoms with Crippen molar-refractivity contribution in [3.63, 3.8) is 0 Å². The predicted octanol–water partition coefficient (Wildman–Crippen LogP) is 2.90. The zero-order valence-corrected chi connectivity index (χ0v) is 16.5. The molecule has 2 heterocycles. The van der Waals surface area contributed by atoms with Gasteiger partial charge in [0.25, 0.3) is 5.78 Å². The normalized spacial score (nSPS) is 12.3. The highest BCUT2D eigenvalue weighted by atomic mass is 79.9. The number of amides is 1. The quantitative estimate of drug-likeness (QED) is 0.665. The Morgan fingerprint density at radius 1 is 1.31 bits per heavy atom. The molecule has 0 spiro atoms. The van der Waals surface area contributed by atoms with Crippen molar-refractivity contribution in [1.29, 1.82) is 0 Å². The number of anilines is 1. The van der Waals surface area contributed by atoms with E-state index >= 15 is 0 Å². The monoisotopic (exact) mass is 416 g/mol. The molecule has 0 bridgehead atoms. The smallest absolute Gasteiger partial charge is 0.254 e. The van der Waals surface area contributed by atoms with Gasteiger partial charge in [-0.2, -0.15) is 9.50 Å². The molecule has 3 aromatic rings. The number of nitrogens with zero attached hydrogens (tertiary/aromatic N) is 4. The van der Waals surface area contributed by atoms with Gasteiger partial charge in [0, 0.05) is 22.3 Å². The summed E-state index contributed by atoms with van der Waals surface area (Å²) < 4.78 is 2.61. The molecule has 0 radical (unpaired) electrons. The number of nitrogens with one attached hydrogen (secondary N) is 1. The maximum atomic E-state index is 12.4. The van der Waals surface area contributed by atoms with E-state index in [0.717, 1.165) is 27.0 Å². The maximum absolute atomic E-state index is 12.4. The topological polar surface area (TPSA) is 98.2 Å². The summed E-state index contributed by atoms with van der Waals surface area (Å²) in [6, 6.07) is 7.80. The minimum Gasteiger partial charge on any atom is -0.366 e. The Kier molecular flexibility index (Phi) is 5.22. The summed E-state index contributed by atoms with van der Waals surface area (Å²) in [5.74, 6) is 0.663. The number of fused-ring (bicyclic) bond motifs is 1. The van der Waals surface area contributed by atoms with Crippen LogP contribution in [-0.2, 0) is 11.2 Å². The summed E-state index contributed by atoms with van der Waals surface area (Å²) >= 11 is 3.52. The van der Waals surface area contributed by atoms with Crippen molar-refractivity contribution in [3.05, 3.63) is 51.3 Å². The first-order chi connectivity index (χ1) is 12.4. The summed E-state index contributed by atoms with van der Waals surface area (Å²) in [5, 5.41) is 7.20. The van der Waals surface area contributed by atoms with Gasteiger partial charge in [0.05, 0.1) is 6.04 Å². The molecule has 2 aromatic heterocycles. The number of hydrogen-bond acceptors (Lipinski definition) is 5. The van der Waals surface area contributed by atoms with Crippen LogP contribution in [0.25, 0.3) is 5.78 Å². The molecule has 136 valence electrons. The molecule has 1 unspecified atom stereocenters. The molecule has 0 aliphatic heterocycles. The van der Waals surface area contributed by atoms with Crippen molar-refractivity contribution >= 4 is 33.6 Å². The largest absolute Gasteiger partial charge is 0.366 e. The van der Waals surface area contributed by atoms with E-state index in [2.05, 4.69) is 36.3 Å². The van der Waals surface area contributed by atoms with Crippen molar-refractivity contribution in [2.75, 3.05) is 5.73 Å². The van der Waals surface area contributed by atoms with Gasteiger partial charge in [-0.25, -0.2) is 4.98 Å². The van der Waals surface area contributed by atoms with Crippen LogP contribution in [0.4, 0.5) is 5.95 Å². The Balaban J connectivity index is 1.70. The highest BCUT2D eigenvalue weighted by Crippen LogP contribution is 2.23. The Hall–Kier alpha value is -2.48. The molecular weight excluding hydrogens is 396 g/mol. The van der Waals surface area contributed by atoms with Gasteiger partial charge in [-0.1, -0.05) is 34.1 Å². The first-order valence-corrected chi connectivity index (χ1v) is 9.18. The SMILES string of the molecule is Cc1nc2nc(N)nn2c(C)c1CCC(=O)NC(C)c1ccccc1Br. The van der Waals surface area contributed by atoms with Crippen molar-refractivity contribution in [2.24, 2.45) is 0 Å². The number of carbonyl (C=O) groups excluding carboxylic acids is 1. The lowest BCUT2D eigenvalue weighted by Gasteiger charge is -2.16. The summed E-state index contributed by atoms with van der Waals surface area (Å²) in [7, 11) is 0. The van der Waals surface area contributed by atoms with E-state index < -0.39 is 0 Å². The Labute approximate surface area is 160 Å².